The first-order valence-electron chi connectivity index (χ1n) is 7.90. The fourth-order valence-electron chi connectivity index (χ4n) is 3.41. The molecule has 6 nitrogen and oxygen atoms in total. The third-order valence-electron chi connectivity index (χ3n) is 4.77. The molecule has 0 unspecified atom stereocenters. The maximum Gasteiger partial charge on any atom is 0.147 e. The Morgan fingerprint density at radius 3 is 2.71 bits per heavy atom. The second-order valence-electron chi connectivity index (χ2n) is 6.65. The van der Waals surface area contributed by atoms with Crippen LogP contribution >= 0.6 is 0 Å². The minimum Gasteiger partial charge on any atom is -0.380 e. The summed E-state index contributed by atoms with van der Waals surface area (Å²) in [6.07, 6.45) is 4.05. The highest BCUT2D eigenvalue weighted by atomic mass is 16.5. The molecule has 1 aliphatic heterocycles. The van der Waals surface area contributed by atoms with Gasteiger partial charge in [-0.3, -0.25) is 9.80 Å². The van der Waals surface area contributed by atoms with E-state index in [9.17, 15) is 0 Å². The van der Waals surface area contributed by atoms with Crippen LogP contribution in [0.15, 0.2) is 0 Å². The Balaban J connectivity index is 1.58. The molecule has 2 atom stereocenters. The lowest BCUT2D eigenvalue weighted by Gasteiger charge is -2.25. The molecule has 1 aliphatic carbocycles. The predicted octanol–water partition coefficient (Wildman–Crippen LogP) is 1.07. The average Bonchev–Trinajstić information content (AvgIpc) is 3.13. The molecule has 3 rings (SSSR count). The van der Waals surface area contributed by atoms with Crippen molar-refractivity contribution in [2.75, 3.05) is 34.3 Å². The van der Waals surface area contributed by atoms with Gasteiger partial charge in [-0.15, -0.1) is 10.2 Å². The van der Waals surface area contributed by atoms with Gasteiger partial charge in [-0.05, 0) is 40.3 Å². The number of ether oxygens (including phenoxy) is 1. The van der Waals surface area contributed by atoms with Crippen molar-refractivity contribution in [3.8, 4) is 0 Å². The van der Waals surface area contributed by atoms with E-state index in [2.05, 4.69) is 45.6 Å². The number of methoxy groups -OCH3 is 1. The predicted molar refractivity (Wildman–Crippen MR) is 81.2 cm³/mol. The zero-order chi connectivity index (χ0) is 15.0. The Labute approximate surface area is 127 Å². The Kier molecular flexibility index (Phi) is 4.28. The topological polar surface area (TPSA) is 46.4 Å². The van der Waals surface area contributed by atoms with Gasteiger partial charge in [0.25, 0.3) is 0 Å². The summed E-state index contributed by atoms with van der Waals surface area (Å²) >= 11 is 0. The van der Waals surface area contributed by atoms with Crippen LogP contribution in [0.2, 0.25) is 0 Å². The van der Waals surface area contributed by atoms with E-state index in [0.29, 0.717) is 18.2 Å². The summed E-state index contributed by atoms with van der Waals surface area (Å²) in [4.78, 5) is 4.77. The van der Waals surface area contributed by atoms with Crippen molar-refractivity contribution in [1.82, 2.24) is 24.6 Å². The lowest BCUT2D eigenvalue weighted by Crippen LogP contribution is -2.36. The van der Waals surface area contributed by atoms with Crippen LogP contribution in [-0.4, -0.2) is 71.0 Å². The van der Waals surface area contributed by atoms with E-state index in [1.54, 1.807) is 0 Å². The molecule has 1 saturated carbocycles. The Morgan fingerprint density at radius 2 is 2.10 bits per heavy atom. The highest BCUT2D eigenvalue weighted by molar-refractivity contribution is 5.01. The van der Waals surface area contributed by atoms with Gasteiger partial charge in [0.2, 0.25) is 0 Å². The third kappa shape index (κ3) is 3.27. The molecule has 0 aromatic carbocycles. The summed E-state index contributed by atoms with van der Waals surface area (Å²) in [6.45, 7) is 5.02. The van der Waals surface area contributed by atoms with Gasteiger partial charge in [0.1, 0.15) is 11.6 Å². The van der Waals surface area contributed by atoms with E-state index in [-0.39, 0.29) is 0 Å². The lowest BCUT2D eigenvalue weighted by atomic mass is 10.2. The fraction of sp³-hybridized carbons (Fsp3) is 0.867. The van der Waals surface area contributed by atoms with Crippen molar-refractivity contribution in [3.05, 3.63) is 11.6 Å². The molecular weight excluding hydrogens is 266 g/mol. The van der Waals surface area contributed by atoms with Gasteiger partial charge in [-0.2, -0.15) is 0 Å². The van der Waals surface area contributed by atoms with E-state index >= 15 is 0 Å². The minimum absolute atomic E-state index is 0.380. The fourth-order valence-corrected chi connectivity index (χ4v) is 3.41. The van der Waals surface area contributed by atoms with E-state index < -0.39 is 0 Å². The Morgan fingerprint density at radius 1 is 1.33 bits per heavy atom. The molecule has 0 bridgehead atoms. The van der Waals surface area contributed by atoms with Crippen molar-refractivity contribution in [2.24, 2.45) is 0 Å². The zero-order valence-corrected chi connectivity index (χ0v) is 13.6. The number of hydrogen-bond donors (Lipinski definition) is 0. The van der Waals surface area contributed by atoms with Crippen LogP contribution in [-0.2, 0) is 11.3 Å². The van der Waals surface area contributed by atoms with Gasteiger partial charge in [-0.25, -0.2) is 0 Å². The number of hydrogen-bond acceptors (Lipinski definition) is 5. The smallest absolute Gasteiger partial charge is 0.147 e. The third-order valence-corrected chi connectivity index (χ3v) is 4.77. The second-order valence-corrected chi connectivity index (χ2v) is 6.65. The van der Waals surface area contributed by atoms with Crippen LogP contribution < -0.4 is 0 Å². The largest absolute Gasteiger partial charge is 0.380 e. The van der Waals surface area contributed by atoms with Crippen LogP contribution in [0.3, 0.4) is 0 Å². The Hall–Kier alpha value is -0.980. The number of likely N-dealkylation sites (N-methyl/N-ethyl adjacent to an activating group) is 2. The molecule has 1 saturated heterocycles. The molecule has 118 valence electrons. The lowest BCUT2D eigenvalue weighted by molar-refractivity contribution is 0.111. The highest BCUT2D eigenvalue weighted by Crippen LogP contribution is 2.36. The molecule has 2 aliphatic rings. The van der Waals surface area contributed by atoms with E-state index in [1.165, 1.54) is 12.8 Å². The molecule has 21 heavy (non-hydrogen) atoms. The second kappa shape index (κ2) is 6.02. The highest BCUT2D eigenvalue weighted by Gasteiger charge is 2.31. The number of aromatic nitrogens is 3. The first kappa shape index (κ1) is 14.9. The average molecular weight is 293 g/mol. The normalized spacial score (nSPS) is 26.9. The first-order valence-corrected chi connectivity index (χ1v) is 7.90. The number of likely N-dealkylation sites (tertiary alicyclic amines) is 1. The quantitative estimate of drug-likeness (QED) is 0.785. The van der Waals surface area contributed by atoms with Crippen LogP contribution in [0.5, 0.6) is 0 Å². The van der Waals surface area contributed by atoms with Crippen molar-refractivity contribution < 1.29 is 4.74 Å². The van der Waals surface area contributed by atoms with Crippen LogP contribution in [0.25, 0.3) is 0 Å². The van der Waals surface area contributed by atoms with Gasteiger partial charge in [0.05, 0.1) is 12.6 Å². The summed E-state index contributed by atoms with van der Waals surface area (Å²) in [7, 11) is 6.18. The molecule has 2 fully saturated rings. The number of nitrogens with zero attached hydrogens (tertiary/aromatic N) is 5. The Bertz CT molecular complexity index is 484. The van der Waals surface area contributed by atoms with E-state index in [4.69, 9.17) is 4.74 Å². The van der Waals surface area contributed by atoms with Crippen molar-refractivity contribution in [3.63, 3.8) is 0 Å². The molecule has 0 spiro atoms. The summed E-state index contributed by atoms with van der Waals surface area (Å²) in [6, 6.07) is 1.22. The molecule has 1 aromatic rings. The molecule has 6 heteroatoms. The molecule has 0 amide bonds. The molecule has 2 heterocycles. The van der Waals surface area contributed by atoms with Gasteiger partial charge in [0, 0.05) is 32.3 Å². The van der Waals surface area contributed by atoms with Gasteiger partial charge in [-0.1, -0.05) is 0 Å². The number of rotatable bonds is 6. The molecule has 1 aromatic heterocycles. The van der Waals surface area contributed by atoms with Crippen LogP contribution in [0.1, 0.15) is 37.0 Å². The molecule has 0 N–H and O–H groups in total. The van der Waals surface area contributed by atoms with Gasteiger partial charge >= 0.3 is 0 Å². The van der Waals surface area contributed by atoms with Crippen LogP contribution in [0.4, 0.5) is 0 Å². The molecular formula is C15H27N5O. The summed E-state index contributed by atoms with van der Waals surface area (Å²) in [5.41, 5.74) is 0. The molecule has 0 radical (unpaired) electrons. The monoisotopic (exact) mass is 293 g/mol. The van der Waals surface area contributed by atoms with Crippen molar-refractivity contribution in [2.45, 2.75) is 50.9 Å². The van der Waals surface area contributed by atoms with Crippen molar-refractivity contribution >= 4 is 0 Å². The van der Waals surface area contributed by atoms with Crippen molar-refractivity contribution in [1.29, 1.82) is 0 Å². The van der Waals surface area contributed by atoms with E-state index in [0.717, 1.165) is 37.7 Å². The van der Waals surface area contributed by atoms with Crippen LogP contribution in [0, 0.1) is 6.92 Å². The van der Waals surface area contributed by atoms with E-state index in [1.807, 2.05) is 7.11 Å². The maximum atomic E-state index is 5.49. The summed E-state index contributed by atoms with van der Waals surface area (Å²) < 4.78 is 7.81. The minimum atomic E-state index is 0.380. The maximum absolute atomic E-state index is 5.49. The standard InChI is InChI=1S/C15H27N5O/c1-11-16-17-15(20(11)12-5-6-12)10-18(2)8-13-7-14(21-4)9-19(13)3/h12-14H,5-10H2,1-4H3/t13-,14-/m0/s1. The zero-order valence-electron chi connectivity index (χ0n) is 13.6. The SMILES string of the molecule is CO[C@H]1C[C@@H](CN(C)Cc2nnc(C)n2C2CC2)N(C)C1. The summed E-state index contributed by atoms with van der Waals surface area (Å²) in [5.74, 6) is 2.17. The van der Waals surface area contributed by atoms with Gasteiger partial charge in [0.15, 0.2) is 0 Å². The number of aryl methyl sites for hydroxylation is 1. The summed E-state index contributed by atoms with van der Waals surface area (Å²) in [5, 5.41) is 8.63. The first-order chi connectivity index (χ1) is 10.1. The van der Waals surface area contributed by atoms with Gasteiger partial charge < -0.3 is 9.30 Å².